The molecule has 2 atom stereocenters. The summed E-state index contributed by atoms with van der Waals surface area (Å²) in [5.74, 6) is 0. The summed E-state index contributed by atoms with van der Waals surface area (Å²) in [4.78, 5) is 0. The van der Waals surface area contributed by atoms with Gasteiger partial charge in [0, 0.05) is 11.3 Å². The Bertz CT molecular complexity index is 429. The smallest absolute Gasteiger partial charge is 0.162 e. The minimum atomic E-state index is -3.26. The van der Waals surface area contributed by atoms with Gasteiger partial charge in [-0.15, -0.1) is 0 Å². The van der Waals surface area contributed by atoms with Crippen LogP contribution in [0.3, 0.4) is 0 Å². The molecule has 0 spiro atoms. The zero-order chi connectivity index (χ0) is 11.6. The van der Waals surface area contributed by atoms with E-state index < -0.39 is 19.2 Å². The molecule has 0 saturated heterocycles. The summed E-state index contributed by atoms with van der Waals surface area (Å²) >= 11 is 7.40. The fourth-order valence-corrected chi connectivity index (χ4v) is 2.21. The van der Waals surface area contributed by atoms with E-state index in [1.165, 1.54) is 0 Å². The zero-order valence-electron chi connectivity index (χ0n) is 7.89. The lowest BCUT2D eigenvalue weighted by Gasteiger charge is -2.15. The minimum Gasteiger partial charge on any atom is -0.386 e. The number of benzene rings is 1. The van der Waals surface area contributed by atoms with E-state index in [4.69, 9.17) is 11.6 Å². The third-order valence-electron chi connectivity index (χ3n) is 1.87. The summed E-state index contributed by atoms with van der Waals surface area (Å²) in [5, 5.41) is 10.3. The molecule has 0 unspecified atom stereocenters. The van der Waals surface area contributed by atoms with Crippen LogP contribution in [0.1, 0.15) is 11.7 Å². The number of sulfone groups is 1. The van der Waals surface area contributed by atoms with Crippen LogP contribution in [0.5, 0.6) is 0 Å². The molecule has 0 amide bonds. The quantitative estimate of drug-likeness (QED) is 0.664. The zero-order valence-corrected chi connectivity index (χ0v) is 11.6. The molecule has 1 N–H and O–H groups in total. The van der Waals surface area contributed by atoms with Gasteiger partial charge in [-0.25, -0.2) is 8.42 Å². The lowest BCUT2D eigenvalue weighted by molar-refractivity contribution is 0.197. The van der Waals surface area contributed by atoms with Crippen molar-refractivity contribution in [1.82, 2.24) is 0 Å². The number of hydrogen-bond acceptors (Lipinski definition) is 3. The van der Waals surface area contributed by atoms with Crippen molar-refractivity contribution < 1.29 is 13.5 Å². The Balaban J connectivity index is 2.95. The molecule has 0 aromatic heterocycles. The Labute approximate surface area is 108 Å². The van der Waals surface area contributed by atoms with Crippen LogP contribution in [0, 0.1) is 0 Å². The number of alkyl halides is 1. The average Bonchev–Trinajstić information content (AvgIpc) is 2.15. The van der Waals surface area contributed by atoms with Crippen LogP contribution in [0.25, 0.3) is 0 Å². The molecule has 1 aromatic carbocycles. The first-order valence-corrected chi connectivity index (χ1v) is 7.66. The first-order valence-electron chi connectivity index (χ1n) is 4.09. The van der Waals surface area contributed by atoms with Gasteiger partial charge < -0.3 is 5.11 Å². The van der Waals surface area contributed by atoms with E-state index in [9.17, 15) is 13.5 Å². The number of halogens is 2. The Morgan fingerprint density at radius 1 is 1.33 bits per heavy atom. The van der Waals surface area contributed by atoms with Crippen LogP contribution in [-0.2, 0) is 9.84 Å². The van der Waals surface area contributed by atoms with Gasteiger partial charge in [0.1, 0.15) is 9.36 Å². The Hall–Kier alpha value is 0.150. The van der Waals surface area contributed by atoms with Gasteiger partial charge in [0.2, 0.25) is 0 Å². The predicted octanol–water partition coefficient (Wildman–Crippen LogP) is 2.18. The second kappa shape index (κ2) is 4.99. The van der Waals surface area contributed by atoms with Gasteiger partial charge in [0.15, 0.2) is 9.84 Å². The van der Waals surface area contributed by atoms with Crippen molar-refractivity contribution in [2.45, 2.75) is 9.36 Å². The first-order chi connectivity index (χ1) is 6.82. The molecule has 0 bridgehead atoms. The maximum atomic E-state index is 11.2. The van der Waals surface area contributed by atoms with Gasteiger partial charge in [0.25, 0.3) is 0 Å². The largest absolute Gasteiger partial charge is 0.386 e. The van der Waals surface area contributed by atoms with Gasteiger partial charge in [-0.1, -0.05) is 46.3 Å². The van der Waals surface area contributed by atoms with E-state index in [0.717, 1.165) is 6.26 Å². The Morgan fingerprint density at radius 3 is 2.20 bits per heavy atom. The van der Waals surface area contributed by atoms with Gasteiger partial charge in [-0.3, -0.25) is 0 Å². The summed E-state index contributed by atoms with van der Waals surface area (Å²) in [6.07, 6.45) is 0.0707. The van der Waals surface area contributed by atoms with Crippen LogP contribution in [-0.4, -0.2) is 23.0 Å². The molecule has 0 saturated carbocycles. The monoisotopic (exact) mass is 360 g/mol. The predicted molar refractivity (Wildman–Crippen MR) is 69.1 cm³/mol. The molecule has 1 aromatic rings. The van der Waals surface area contributed by atoms with Crippen LogP contribution in [0.15, 0.2) is 24.3 Å². The van der Waals surface area contributed by atoms with E-state index in [1.54, 1.807) is 46.9 Å². The van der Waals surface area contributed by atoms with Gasteiger partial charge in [0.05, 0.1) is 0 Å². The van der Waals surface area contributed by atoms with Gasteiger partial charge >= 0.3 is 0 Å². The molecule has 0 aliphatic carbocycles. The maximum absolute atomic E-state index is 11.2. The second-order valence-corrected chi connectivity index (χ2v) is 7.97. The SMILES string of the molecule is CS(=O)(=O)[C@@H](I)[C@@H](O)c1ccc(Cl)cc1. The third-order valence-corrected chi connectivity index (χ3v) is 6.65. The lowest BCUT2D eigenvalue weighted by atomic mass is 10.1. The first kappa shape index (κ1) is 13.2. The van der Waals surface area contributed by atoms with Crippen molar-refractivity contribution in [2.24, 2.45) is 0 Å². The number of rotatable bonds is 3. The fraction of sp³-hybridized carbons (Fsp3) is 0.333. The highest BCUT2D eigenvalue weighted by atomic mass is 127. The minimum absolute atomic E-state index is 0.546. The van der Waals surface area contributed by atoms with E-state index >= 15 is 0 Å². The normalized spacial score (nSPS) is 16.0. The summed E-state index contributed by atoms with van der Waals surface area (Å²) in [6, 6.07) is 6.46. The molecule has 0 heterocycles. The van der Waals surface area contributed by atoms with Gasteiger partial charge in [-0.2, -0.15) is 0 Å². The molecule has 0 aliphatic heterocycles. The molecule has 0 radical (unpaired) electrons. The summed E-state index contributed by atoms with van der Waals surface area (Å²) in [7, 11) is -3.26. The standard InChI is InChI=1S/C9H10ClIO3S/c1-15(13,14)9(11)8(12)6-2-4-7(10)5-3-6/h2-5,8-9,12H,1H3/t8-,9+/m0/s1. The molecule has 0 aliphatic rings. The summed E-state index contributed by atoms with van der Waals surface area (Å²) in [5.41, 5.74) is 0.546. The number of aliphatic hydroxyl groups is 1. The van der Waals surface area contributed by atoms with Crippen LogP contribution in [0.4, 0.5) is 0 Å². The van der Waals surface area contributed by atoms with E-state index in [0.29, 0.717) is 10.6 Å². The summed E-state index contributed by atoms with van der Waals surface area (Å²) < 4.78 is 21.6. The van der Waals surface area contributed by atoms with E-state index in [1.807, 2.05) is 0 Å². The van der Waals surface area contributed by atoms with Crippen molar-refractivity contribution >= 4 is 44.0 Å². The highest BCUT2D eigenvalue weighted by molar-refractivity contribution is 14.1. The second-order valence-electron chi connectivity index (χ2n) is 3.18. The molecule has 6 heteroatoms. The fourth-order valence-electron chi connectivity index (χ4n) is 1.05. The van der Waals surface area contributed by atoms with E-state index in [2.05, 4.69) is 0 Å². The number of hydrogen-bond donors (Lipinski definition) is 1. The summed E-state index contributed by atoms with van der Waals surface area (Å²) in [6.45, 7) is 0. The molecular formula is C9H10ClIO3S. The van der Waals surface area contributed by atoms with Crippen molar-refractivity contribution in [3.05, 3.63) is 34.9 Å². The topological polar surface area (TPSA) is 54.4 Å². The Morgan fingerprint density at radius 2 is 1.80 bits per heavy atom. The molecular weight excluding hydrogens is 351 g/mol. The molecule has 84 valence electrons. The molecule has 15 heavy (non-hydrogen) atoms. The van der Waals surface area contributed by atoms with Crippen molar-refractivity contribution in [1.29, 1.82) is 0 Å². The van der Waals surface area contributed by atoms with Crippen LogP contribution < -0.4 is 0 Å². The highest BCUT2D eigenvalue weighted by Crippen LogP contribution is 2.27. The van der Waals surface area contributed by atoms with E-state index in [-0.39, 0.29) is 0 Å². The lowest BCUT2D eigenvalue weighted by Crippen LogP contribution is -2.21. The van der Waals surface area contributed by atoms with Crippen molar-refractivity contribution in [3.63, 3.8) is 0 Å². The Kier molecular flexibility index (Phi) is 4.39. The molecule has 1 rings (SSSR count). The third kappa shape index (κ3) is 3.58. The maximum Gasteiger partial charge on any atom is 0.162 e. The van der Waals surface area contributed by atoms with Crippen LogP contribution >= 0.6 is 34.2 Å². The van der Waals surface area contributed by atoms with Crippen LogP contribution in [0.2, 0.25) is 5.02 Å². The number of aliphatic hydroxyl groups excluding tert-OH is 1. The highest BCUT2D eigenvalue weighted by Gasteiger charge is 2.26. The average molecular weight is 361 g/mol. The molecule has 0 fully saturated rings. The van der Waals surface area contributed by atoms with Crippen molar-refractivity contribution in [2.75, 3.05) is 6.26 Å². The van der Waals surface area contributed by atoms with Crippen molar-refractivity contribution in [3.8, 4) is 0 Å². The van der Waals surface area contributed by atoms with Gasteiger partial charge in [-0.05, 0) is 17.7 Å². The molecule has 3 nitrogen and oxygen atoms in total.